The Morgan fingerprint density at radius 1 is 1.19 bits per heavy atom. The van der Waals surface area contributed by atoms with Crippen molar-refractivity contribution in [3.05, 3.63) is 52.2 Å². The van der Waals surface area contributed by atoms with Crippen LogP contribution in [0.1, 0.15) is 16.9 Å². The molecule has 1 fully saturated rings. The molecule has 0 unspecified atom stereocenters. The Morgan fingerprint density at radius 2 is 1.92 bits per heavy atom. The average molecular weight is 394 g/mol. The lowest BCUT2D eigenvalue weighted by atomic mass is 10.1. The first-order valence-electron chi connectivity index (χ1n) is 8.16. The molecule has 3 rings (SSSR count). The normalized spacial score (nSPS) is 17.9. The number of quaternary nitrogens is 1. The number of carbonyl (C=O) groups is 2. The lowest BCUT2D eigenvalue weighted by Gasteiger charge is -2.13. The van der Waals surface area contributed by atoms with Crippen molar-refractivity contribution in [2.45, 2.75) is 30.3 Å². The molecule has 0 saturated carbocycles. The van der Waals surface area contributed by atoms with E-state index in [0.29, 0.717) is 19.5 Å². The lowest BCUT2D eigenvalue weighted by Crippen LogP contribution is -2.91. The van der Waals surface area contributed by atoms with Crippen molar-refractivity contribution in [3.63, 3.8) is 0 Å². The highest BCUT2D eigenvalue weighted by Crippen LogP contribution is 2.18. The second kappa shape index (κ2) is 7.67. The lowest BCUT2D eigenvalue weighted by molar-refractivity contribution is -0.674. The number of sulfonamides is 1. The zero-order valence-electron chi connectivity index (χ0n) is 14.0. The standard InChI is InChI=1S/C17H19N3O4S2/c18-26(23,24)14-5-3-12(4-6-14)7-8-19-15-10-16(21)20(17(15)22)11-13-2-1-9-25-13/h1-6,9,15,19H,7-8,10-11H2,(H2,18,23,24)/p+1/t15-/m1/s1. The summed E-state index contributed by atoms with van der Waals surface area (Å²) in [4.78, 5) is 26.9. The van der Waals surface area contributed by atoms with Gasteiger partial charge in [0.1, 0.15) is 0 Å². The maximum atomic E-state index is 12.4. The molecule has 26 heavy (non-hydrogen) atoms. The Morgan fingerprint density at radius 3 is 2.54 bits per heavy atom. The van der Waals surface area contributed by atoms with Crippen molar-refractivity contribution in [2.75, 3.05) is 6.54 Å². The Bertz CT molecular complexity index is 893. The maximum Gasteiger partial charge on any atom is 0.288 e. The van der Waals surface area contributed by atoms with Crippen molar-refractivity contribution in [3.8, 4) is 0 Å². The topological polar surface area (TPSA) is 114 Å². The van der Waals surface area contributed by atoms with Gasteiger partial charge in [-0.3, -0.25) is 14.5 Å². The van der Waals surface area contributed by atoms with E-state index in [1.54, 1.807) is 12.1 Å². The number of rotatable bonds is 7. The van der Waals surface area contributed by atoms with E-state index in [1.165, 1.54) is 28.4 Å². The average Bonchev–Trinajstić information content (AvgIpc) is 3.19. The van der Waals surface area contributed by atoms with Gasteiger partial charge < -0.3 is 5.32 Å². The number of amides is 2. The largest absolute Gasteiger partial charge is 0.335 e. The summed E-state index contributed by atoms with van der Waals surface area (Å²) in [7, 11) is -3.69. The predicted octanol–water partition coefficient (Wildman–Crippen LogP) is -0.171. The smallest absolute Gasteiger partial charge is 0.288 e. The first-order chi connectivity index (χ1) is 12.3. The molecule has 1 atom stereocenters. The van der Waals surface area contributed by atoms with Gasteiger partial charge in [-0.1, -0.05) is 18.2 Å². The van der Waals surface area contributed by atoms with Gasteiger partial charge >= 0.3 is 0 Å². The first-order valence-corrected chi connectivity index (χ1v) is 10.6. The van der Waals surface area contributed by atoms with Crippen LogP contribution in [0.5, 0.6) is 0 Å². The summed E-state index contributed by atoms with van der Waals surface area (Å²) in [6.07, 6.45) is 0.877. The maximum absolute atomic E-state index is 12.4. The molecule has 0 radical (unpaired) electrons. The molecule has 2 heterocycles. The minimum absolute atomic E-state index is 0.0750. The third-order valence-corrected chi connectivity index (χ3v) is 6.10. The molecule has 7 nitrogen and oxygen atoms in total. The summed E-state index contributed by atoms with van der Waals surface area (Å²) in [5.41, 5.74) is 0.945. The second-order valence-electron chi connectivity index (χ2n) is 6.17. The van der Waals surface area contributed by atoms with E-state index in [0.717, 1.165) is 10.4 Å². The number of hydrogen-bond donors (Lipinski definition) is 2. The molecule has 1 aromatic carbocycles. The van der Waals surface area contributed by atoms with Gasteiger partial charge in [0.2, 0.25) is 15.9 Å². The molecular formula is C17H20N3O4S2+. The fourth-order valence-electron chi connectivity index (χ4n) is 2.91. The highest BCUT2D eigenvalue weighted by atomic mass is 32.2. The van der Waals surface area contributed by atoms with Gasteiger partial charge in [0, 0.05) is 11.3 Å². The second-order valence-corrected chi connectivity index (χ2v) is 8.77. The molecule has 1 aliphatic heterocycles. The zero-order chi connectivity index (χ0) is 18.7. The SMILES string of the molecule is NS(=O)(=O)c1ccc(CC[NH2+][C@@H]2CC(=O)N(Cc3cccs3)C2=O)cc1. The Balaban J connectivity index is 1.52. The third-order valence-electron chi connectivity index (χ3n) is 4.31. The summed E-state index contributed by atoms with van der Waals surface area (Å²) < 4.78 is 22.5. The predicted molar refractivity (Wildman–Crippen MR) is 96.6 cm³/mol. The molecule has 1 aliphatic rings. The Labute approximate surface area is 155 Å². The number of carbonyl (C=O) groups excluding carboxylic acids is 2. The fourth-order valence-corrected chi connectivity index (χ4v) is 4.12. The minimum atomic E-state index is -3.69. The van der Waals surface area contributed by atoms with Gasteiger partial charge in [-0.25, -0.2) is 13.6 Å². The number of hydrogen-bond acceptors (Lipinski definition) is 5. The molecule has 0 aliphatic carbocycles. The number of thiophene rings is 1. The van der Waals surface area contributed by atoms with Crippen molar-refractivity contribution < 1.29 is 23.3 Å². The van der Waals surface area contributed by atoms with E-state index in [2.05, 4.69) is 0 Å². The number of benzene rings is 1. The van der Waals surface area contributed by atoms with E-state index >= 15 is 0 Å². The molecule has 2 aromatic rings. The first kappa shape index (κ1) is 18.7. The summed E-state index contributed by atoms with van der Waals surface area (Å²) in [6.45, 7) is 0.972. The quantitative estimate of drug-likeness (QED) is 0.635. The summed E-state index contributed by atoms with van der Waals surface area (Å²) in [5, 5.41) is 8.87. The van der Waals surface area contributed by atoms with Crippen LogP contribution in [0.2, 0.25) is 0 Å². The fraction of sp³-hybridized carbons (Fsp3) is 0.294. The van der Waals surface area contributed by atoms with Crippen LogP contribution in [0, 0.1) is 0 Å². The molecule has 1 aromatic heterocycles. The van der Waals surface area contributed by atoms with Crippen LogP contribution in [0.4, 0.5) is 0 Å². The van der Waals surface area contributed by atoms with Crippen LogP contribution in [0.15, 0.2) is 46.7 Å². The molecule has 2 amide bonds. The third kappa shape index (κ3) is 4.36. The van der Waals surface area contributed by atoms with Crippen molar-refractivity contribution in [2.24, 2.45) is 5.14 Å². The van der Waals surface area contributed by atoms with Gasteiger partial charge in [-0.2, -0.15) is 0 Å². The molecule has 1 saturated heterocycles. The number of imide groups is 1. The van der Waals surface area contributed by atoms with Crippen LogP contribution in [0.3, 0.4) is 0 Å². The van der Waals surface area contributed by atoms with E-state index in [1.807, 2.05) is 22.8 Å². The van der Waals surface area contributed by atoms with Crippen LogP contribution in [0.25, 0.3) is 0 Å². The van der Waals surface area contributed by atoms with Gasteiger partial charge in [-0.15, -0.1) is 11.3 Å². The Kier molecular flexibility index (Phi) is 5.52. The van der Waals surface area contributed by atoms with Gasteiger partial charge in [0.05, 0.1) is 24.4 Å². The van der Waals surface area contributed by atoms with Crippen LogP contribution in [-0.2, 0) is 32.6 Å². The molecule has 4 N–H and O–H groups in total. The monoisotopic (exact) mass is 394 g/mol. The van der Waals surface area contributed by atoms with Gasteiger partial charge in [0.25, 0.3) is 5.91 Å². The highest BCUT2D eigenvalue weighted by molar-refractivity contribution is 7.89. The molecule has 138 valence electrons. The van der Waals surface area contributed by atoms with E-state index in [-0.39, 0.29) is 29.2 Å². The number of nitrogens with zero attached hydrogens (tertiary/aromatic N) is 1. The number of likely N-dealkylation sites (tertiary alicyclic amines) is 1. The van der Waals surface area contributed by atoms with Crippen molar-refractivity contribution >= 4 is 33.2 Å². The Hall–Kier alpha value is -2.07. The van der Waals surface area contributed by atoms with Gasteiger partial charge in [0.15, 0.2) is 6.04 Å². The highest BCUT2D eigenvalue weighted by Gasteiger charge is 2.41. The van der Waals surface area contributed by atoms with E-state index in [4.69, 9.17) is 5.14 Å². The zero-order valence-corrected chi connectivity index (χ0v) is 15.6. The number of primary sulfonamides is 1. The minimum Gasteiger partial charge on any atom is -0.335 e. The van der Waals surface area contributed by atoms with Gasteiger partial charge in [-0.05, 0) is 29.1 Å². The van der Waals surface area contributed by atoms with Crippen molar-refractivity contribution in [1.82, 2.24) is 4.90 Å². The van der Waals surface area contributed by atoms with Crippen molar-refractivity contribution in [1.29, 1.82) is 0 Å². The molecule has 9 heteroatoms. The summed E-state index contributed by atoms with van der Waals surface area (Å²) >= 11 is 1.52. The summed E-state index contributed by atoms with van der Waals surface area (Å²) in [5.74, 6) is -0.282. The van der Waals surface area contributed by atoms with E-state index in [9.17, 15) is 18.0 Å². The molecule has 0 bridgehead atoms. The summed E-state index contributed by atoms with van der Waals surface area (Å²) in [6, 6.07) is 9.78. The van der Waals surface area contributed by atoms with Crippen LogP contribution in [-0.4, -0.2) is 37.7 Å². The van der Waals surface area contributed by atoms with Crippen LogP contribution >= 0.6 is 11.3 Å². The van der Waals surface area contributed by atoms with Crippen LogP contribution < -0.4 is 10.5 Å². The van der Waals surface area contributed by atoms with E-state index < -0.39 is 10.0 Å². The molecule has 0 spiro atoms. The molecular weight excluding hydrogens is 374 g/mol. The number of nitrogens with two attached hydrogens (primary N) is 2.